The maximum atomic E-state index is 13.2. The summed E-state index contributed by atoms with van der Waals surface area (Å²) in [6.45, 7) is 2.88. The minimum Gasteiger partial charge on any atom is -0.459 e. The standard InChI is InChI=1S/C15H18FNO2/c1-9-12(5-6-18-9)15(17-2)14-8-10-7-11(16)3-4-13(10)19-14/h3-4,7-9,12,15,17H,5-6H2,1-2H3. The normalized spacial score (nSPS) is 25.0. The number of benzene rings is 1. The maximum absolute atomic E-state index is 13.2. The summed E-state index contributed by atoms with van der Waals surface area (Å²) >= 11 is 0. The average Bonchev–Trinajstić information content (AvgIpc) is 2.97. The van der Waals surface area contributed by atoms with Crippen LogP contribution in [0.25, 0.3) is 11.0 Å². The molecule has 1 saturated heterocycles. The zero-order valence-electron chi connectivity index (χ0n) is 11.2. The van der Waals surface area contributed by atoms with Gasteiger partial charge in [0.05, 0.1) is 12.1 Å². The van der Waals surface area contributed by atoms with Gasteiger partial charge in [0.1, 0.15) is 17.2 Å². The van der Waals surface area contributed by atoms with E-state index in [1.54, 1.807) is 6.07 Å². The van der Waals surface area contributed by atoms with Crippen molar-refractivity contribution >= 4 is 11.0 Å². The lowest BCUT2D eigenvalue weighted by atomic mass is 9.92. The number of hydrogen-bond donors (Lipinski definition) is 1. The Morgan fingerprint density at radius 1 is 1.37 bits per heavy atom. The summed E-state index contributed by atoms with van der Waals surface area (Å²) in [5.74, 6) is 0.999. The van der Waals surface area contributed by atoms with Crippen molar-refractivity contribution in [3.05, 3.63) is 35.8 Å². The molecule has 1 aromatic heterocycles. The molecule has 102 valence electrons. The van der Waals surface area contributed by atoms with Crippen molar-refractivity contribution in [3.8, 4) is 0 Å². The summed E-state index contributed by atoms with van der Waals surface area (Å²) in [4.78, 5) is 0. The van der Waals surface area contributed by atoms with Crippen LogP contribution in [0.5, 0.6) is 0 Å². The van der Waals surface area contributed by atoms with E-state index in [-0.39, 0.29) is 18.0 Å². The second-order valence-electron chi connectivity index (χ2n) is 5.13. The Labute approximate surface area is 111 Å². The quantitative estimate of drug-likeness (QED) is 0.923. The fourth-order valence-corrected chi connectivity index (χ4v) is 2.94. The van der Waals surface area contributed by atoms with Crippen molar-refractivity contribution in [2.24, 2.45) is 5.92 Å². The van der Waals surface area contributed by atoms with E-state index in [0.29, 0.717) is 5.92 Å². The molecule has 1 N–H and O–H groups in total. The number of furan rings is 1. The largest absolute Gasteiger partial charge is 0.459 e. The van der Waals surface area contributed by atoms with E-state index >= 15 is 0 Å². The number of nitrogens with one attached hydrogen (secondary N) is 1. The van der Waals surface area contributed by atoms with Gasteiger partial charge in [-0.25, -0.2) is 4.39 Å². The Kier molecular flexibility index (Phi) is 3.29. The molecular formula is C15H18FNO2. The van der Waals surface area contributed by atoms with Gasteiger partial charge in [-0.05, 0) is 44.7 Å². The summed E-state index contributed by atoms with van der Waals surface area (Å²) < 4.78 is 24.7. The fraction of sp³-hybridized carbons (Fsp3) is 0.467. The smallest absolute Gasteiger partial charge is 0.134 e. The van der Waals surface area contributed by atoms with Gasteiger partial charge in [0, 0.05) is 17.9 Å². The highest BCUT2D eigenvalue weighted by Gasteiger charge is 2.33. The molecule has 2 heterocycles. The summed E-state index contributed by atoms with van der Waals surface area (Å²) in [5, 5.41) is 4.11. The Bertz CT molecular complexity index is 581. The molecule has 3 atom stereocenters. The van der Waals surface area contributed by atoms with Gasteiger partial charge in [-0.3, -0.25) is 0 Å². The van der Waals surface area contributed by atoms with Crippen LogP contribution < -0.4 is 5.32 Å². The second-order valence-corrected chi connectivity index (χ2v) is 5.13. The van der Waals surface area contributed by atoms with Crippen LogP contribution in [0.15, 0.2) is 28.7 Å². The lowest BCUT2D eigenvalue weighted by Crippen LogP contribution is -2.29. The van der Waals surface area contributed by atoms with Crippen molar-refractivity contribution in [2.75, 3.05) is 13.7 Å². The molecule has 0 radical (unpaired) electrons. The molecule has 3 nitrogen and oxygen atoms in total. The molecule has 1 aromatic carbocycles. The number of halogens is 1. The number of rotatable bonds is 3. The fourth-order valence-electron chi connectivity index (χ4n) is 2.94. The third-order valence-electron chi connectivity index (χ3n) is 3.98. The van der Waals surface area contributed by atoms with E-state index in [0.717, 1.165) is 29.8 Å². The minimum absolute atomic E-state index is 0.105. The maximum Gasteiger partial charge on any atom is 0.134 e. The molecule has 4 heteroatoms. The van der Waals surface area contributed by atoms with E-state index in [4.69, 9.17) is 9.15 Å². The molecule has 3 unspecified atom stereocenters. The van der Waals surface area contributed by atoms with Crippen LogP contribution in [-0.2, 0) is 4.74 Å². The first kappa shape index (κ1) is 12.6. The molecule has 2 aromatic rings. The predicted molar refractivity (Wildman–Crippen MR) is 71.5 cm³/mol. The third kappa shape index (κ3) is 2.26. The third-order valence-corrected chi connectivity index (χ3v) is 3.98. The van der Waals surface area contributed by atoms with Crippen molar-refractivity contribution in [1.29, 1.82) is 0 Å². The molecule has 1 aliphatic heterocycles. The highest BCUT2D eigenvalue weighted by molar-refractivity contribution is 5.78. The molecule has 0 amide bonds. The topological polar surface area (TPSA) is 34.4 Å². The first-order chi connectivity index (χ1) is 9.19. The Hall–Kier alpha value is -1.39. The SMILES string of the molecule is CNC(c1cc2cc(F)ccc2o1)C1CCOC1C. The number of fused-ring (bicyclic) bond motifs is 1. The Morgan fingerprint density at radius 2 is 2.21 bits per heavy atom. The predicted octanol–water partition coefficient (Wildman–Crippen LogP) is 3.26. The van der Waals surface area contributed by atoms with Gasteiger partial charge in [0.25, 0.3) is 0 Å². The van der Waals surface area contributed by atoms with Crippen molar-refractivity contribution in [2.45, 2.75) is 25.5 Å². The van der Waals surface area contributed by atoms with Crippen LogP contribution in [0, 0.1) is 11.7 Å². The van der Waals surface area contributed by atoms with Gasteiger partial charge < -0.3 is 14.5 Å². The van der Waals surface area contributed by atoms with Crippen LogP contribution in [0.1, 0.15) is 25.1 Å². The molecular weight excluding hydrogens is 245 g/mol. The average molecular weight is 263 g/mol. The Balaban J connectivity index is 1.96. The molecule has 0 saturated carbocycles. The van der Waals surface area contributed by atoms with E-state index in [1.165, 1.54) is 12.1 Å². The first-order valence-corrected chi connectivity index (χ1v) is 6.67. The molecule has 19 heavy (non-hydrogen) atoms. The van der Waals surface area contributed by atoms with E-state index in [2.05, 4.69) is 12.2 Å². The zero-order chi connectivity index (χ0) is 13.4. The highest BCUT2D eigenvalue weighted by atomic mass is 19.1. The first-order valence-electron chi connectivity index (χ1n) is 6.67. The van der Waals surface area contributed by atoms with Crippen molar-refractivity contribution in [3.63, 3.8) is 0 Å². The van der Waals surface area contributed by atoms with Crippen LogP contribution >= 0.6 is 0 Å². The molecule has 1 aliphatic rings. The number of ether oxygens (including phenoxy) is 1. The summed E-state index contributed by atoms with van der Waals surface area (Å²) in [6.07, 6.45) is 1.22. The highest BCUT2D eigenvalue weighted by Crippen LogP contribution is 2.35. The van der Waals surface area contributed by atoms with Gasteiger partial charge in [0.2, 0.25) is 0 Å². The van der Waals surface area contributed by atoms with E-state index < -0.39 is 0 Å². The molecule has 0 aliphatic carbocycles. The number of hydrogen-bond acceptors (Lipinski definition) is 3. The zero-order valence-corrected chi connectivity index (χ0v) is 11.2. The monoisotopic (exact) mass is 263 g/mol. The van der Waals surface area contributed by atoms with Gasteiger partial charge in [-0.2, -0.15) is 0 Å². The summed E-state index contributed by atoms with van der Waals surface area (Å²) in [5.41, 5.74) is 0.725. The van der Waals surface area contributed by atoms with Crippen LogP contribution in [0.2, 0.25) is 0 Å². The van der Waals surface area contributed by atoms with E-state index in [9.17, 15) is 4.39 Å². The molecule has 0 spiro atoms. The van der Waals surface area contributed by atoms with Crippen molar-refractivity contribution < 1.29 is 13.5 Å². The summed E-state index contributed by atoms with van der Waals surface area (Å²) in [6, 6.07) is 6.63. The lowest BCUT2D eigenvalue weighted by Gasteiger charge is -2.23. The van der Waals surface area contributed by atoms with E-state index in [1.807, 2.05) is 13.1 Å². The van der Waals surface area contributed by atoms with Crippen molar-refractivity contribution in [1.82, 2.24) is 5.32 Å². The molecule has 1 fully saturated rings. The second kappa shape index (κ2) is 4.94. The molecule has 3 rings (SSSR count). The molecule has 0 bridgehead atoms. The van der Waals surface area contributed by atoms with Gasteiger partial charge in [0.15, 0.2) is 0 Å². The van der Waals surface area contributed by atoms with Crippen LogP contribution in [0.3, 0.4) is 0 Å². The summed E-state index contributed by atoms with van der Waals surface area (Å²) in [7, 11) is 1.92. The van der Waals surface area contributed by atoms with Crippen LogP contribution in [-0.4, -0.2) is 19.8 Å². The Morgan fingerprint density at radius 3 is 2.89 bits per heavy atom. The lowest BCUT2D eigenvalue weighted by molar-refractivity contribution is 0.0938. The van der Waals surface area contributed by atoms with Gasteiger partial charge in [-0.1, -0.05) is 0 Å². The van der Waals surface area contributed by atoms with Crippen LogP contribution in [0.4, 0.5) is 4.39 Å². The van der Waals surface area contributed by atoms with Gasteiger partial charge >= 0.3 is 0 Å². The van der Waals surface area contributed by atoms with Gasteiger partial charge in [-0.15, -0.1) is 0 Å². The minimum atomic E-state index is -0.238.